The maximum atomic E-state index is 9.53. The van der Waals surface area contributed by atoms with E-state index in [-0.39, 0.29) is 28.2 Å². The Labute approximate surface area is 76.7 Å². The molecule has 0 radical (unpaired) electrons. The van der Waals surface area contributed by atoms with Gasteiger partial charge in [0.2, 0.25) is 0 Å². The lowest BCUT2D eigenvalue weighted by molar-refractivity contribution is 0.0178. The van der Waals surface area contributed by atoms with Crippen molar-refractivity contribution in [2.45, 2.75) is 36.6 Å². The number of aliphatic hydroxyl groups is 1. The quantitative estimate of drug-likeness (QED) is 0.586. The largest absolute Gasteiger partial charge is 0.393 e. The van der Waals surface area contributed by atoms with Crippen LogP contribution >= 0.6 is 23.2 Å². The summed E-state index contributed by atoms with van der Waals surface area (Å²) in [7, 11) is 0. The third kappa shape index (κ3) is 0.824. The molecule has 2 aliphatic carbocycles. The van der Waals surface area contributed by atoms with Crippen molar-refractivity contribution in [3.63, 3.8) is 0 Å². The van der Waals surface area contributed by atoms with Gasteiger partial charge in [-0.05, 0) is 18.3 Å². The van der Waals surface area contributed by atoms with Gasteiger partial charge in [-0.25, -0.2) is 0 Å². The van der Waals surface area contributed by atoms with E-state index in [1.165, 1.54) is 0 Å². The average molecular weight is 195 g/mol. The van der Waals surface area contributed by atoms with Gasteiger partial charge in [0.15, 0.2) is 0 Å². The van der Waals surface area contributed by atoms with Crippen molar-refractivity contribution in [1.82, 2.24) is 0 Å². The van der Waals surface area contributed by atoms with E-state index >= 15 is 0 Å². The molecule has 11 heavy (non-hydrogen) atoms. The van der Waals surface area contributed by atoms with E-state index in [9.17, 15) is 5.11 Å². The monoisotopic (exact) mass is 194 g/mol. The molecule has 2 saturated carbocycles. The van der Waals surface area contributed by atoms with Crippen LogP contribution in [0.2, 0.25) is 0 Å². The summed E-state index contributed by atoms with van der Waals surface area (Å²) in [6.07, 6.45) is 1.68. The van der Waals surface area contributed by atoms with E-state index < -0.39 is 0 Å². The predicted molar refractivity (Wildman–Crippen MR) is 46.1 cm³/mol. The molecule has 0 aromatic heterocycles. The minimum atomic E-state index is -0.211. The van der Waals surface area contributed by atoms with Crippen molar-refractivity contribution in [2.24, 2.45) is 11.3 Å². The highest BCUT2D eigenvalue weighted by Crippen LogP contribution is 2.61. The van der Waals surface area contributed by atoms with Gasteiger partial charge in [0.1, 0.15) is 0 Å². The molecular formula is C8H12Cl2O. The minimum absolute atomic E-state index is 0.0147. The zero-order valence-corrected chi connectivity index (χ0v) is 7.94. The van der Waals surface area contributed by atoms with Crippen molar-refractivity contribution in [3.8, 4) is 0 Å². The number of halogens is 2. The molecular weight excluding hydrogens is 183 g/mol. The molecule has 1 nitrogen and oxygen atoms in total. The van der Waals surface area contributed by atoms with Crippen LogP contribution in [0.25, 0.3) is 0 Å². The molecule has 0 amide bonds. The summed E-state index contributed by atoms with van der Waals surface area (Å²) in [5.41, 5.74) is 0.118. The third-order valence-electron chi connectivity index (χ3n) is 3.41. The lowest BCUT2D eigenvalue weighted by Crippen LogP contribution is -2.57. The lowest BCUT2D eigenvalue weighted by atomic mass is 9.62. The van der Waals surface area contributed by atoms with Crippen LogP contribution in [0, 0.1) is 11.3 Å². The van der Waals surface area contributed by atoms with E-state index in [2.05, 4.69) is 6.92 Å². The Bertz CT molecular complexity index is 185. The maximum Gasteiger partial charge on any atom is 0.0589 e. The van der Waals surface area contributed by atoms with Crippen molar-refractivity contribution in [2.75, 3.05) is 0 Å². The van der Waals surface area contributed by atoms with Gasteiger partial charge in [0.25, 0.3) is 0 Å². The summed E-state index contributed by atoms with van der Waals surface area (Å²) in [6, 6.07) is 0. The number of hydrogen-bond donors (Lipinski definition) is 1. The Hall–Kier alpha value is 0.540. The van der Waals surface area contributed by atoms with Gasteiger partial charge in [-0.3, -0.25) is 0 Å². The smallest absolute Gasteiger partial charge is 0.0589 e. The molecule has 0 aromatic carbocycles. The third-order valence-corrected chi connectivity index (χ3v) is 4.83. The molecule has 0 aromatic rings. The first-order valence-corrected chi connectivity index (χ1v) is 4.91. The fourth-order valence-electron chi connectivity index (χ4n) is 2.57. The second kappa shape index (κ2) is 2.27. The zero-order valence-electron chi connectivity index (χ0n) is 6.43. The maximum absolute atomic E-state index is 9.53. The number of alkyl halides is 2. The highest BCUT2D eigenvalue weighted by atomic mass is 35.5. The van der Waals surface area contributed by atoms with Crippen molar-refractivity contribution in [1.29, 1.82) is 0 Å². The Morgan fingerprint density at radius 1 is 1.45 bits per heavy atom. The van der Waals surface area contributed by atoms with Gasteiger partial charge in [0, 0.05) is 5.92 Å². The molecule has 0 saturated heterocycles. The molecule has 0 spiro atoms. The summed E-state index contributed by atoms with van der Waals surface area (Å²) >= 11 is 12.1. The van der Waals surface area contributed by atoms with E-state index in [1.807, 2.05) is 0 Å². The van der Waals surface area contributed by atoms with E-state index in [1.54, 1.807) is 0 Å². The summed E-state index contributed by atoms with van der Waals surface area (Å²) in [4.78, 5) is 0. The first-order valence-electron chi connectivity index (χ1n) is 4.03. The highest BCUT2D eigenvalue weighted by Gasteiger charge is 2.63. The second-order valence-corrected chi connectivity index (χ2v) is 4.96. The fourth-order valence-corrected chi connectivity index (χ4v) is 3.72. The van der Waals surface area contributed by atoms with Gasteiger partial charge < -0.3 is 5.11 Å². The number of rotatable bonds is 0. The Kier molecular flexibility index (Phi) is 1.69. The topological polar surface area (TPSA) is 20.2 Å². The number of aliphatic hydroxyl groups excluding tert-OH is 1. The Morgan fingerprint density at radius 2 is 2.09 bits per heavy atom. The molecule has 0 heterocycles. The first-order chi connectivity index (χ1) is 5.07. The molecule has 2 aliphatic rings. The van der Waals surface area contributed by atoms with Crippen molar-refractivity contribution >= 4 is 23.2 Å². The molecule has 3 heteroatoms. The Balaban J connectivity index is 2.21. The second-order valence-electron chi connectivity index (χ2n) is 3.98. The molecule has 5 unspecified atom stereocenters. The number of hydrogen-bond acceptors (Lipinski definition) is 1. The number of fused-ring (bicyclic) bond motifs is 1. The lowest BCUT2D eigenvalue weighted by Gasteiger charge is -2.52. The SMILES string of the molecule is CC12CCC(O)C1C(Cl)C2Cl. The van der Waals surface area contributed by atoms with Gasteiger partial charge in [-0.15, -0.1) is 23.2 Å². The van der Waals surface area contributed by atoms with Crippen LogP contribution in [0.5, 0.6) is 0 Å². The first kappa shape index (κ1) is 8.15. The minimum Gasteiger partial charge on any atom is -0.393 e. The van der Waals surface area contributed by atoms with E-state index in [0.29, 0.717) is 0 Å². The molecule has 64 valence electrons. The van der Waals surface area contributed by atoms with Crippen LogP contribution in [0.3, 0.4) is 0 Å². The van der Waals surface area contributed by atoms with Gasteiger partial charge in [-0.2, -0.15) is 0 Å². The van der Waals surface area contributed by atoms with Crippen LogP contribution < -0.4 is 0 Å². The van der Waals surface area contributed by atoms with Crippen LogP contribution in [0.1, 0.15) is 19.8 Å². The van der Waals surface area contributed by atoms with Gasteiger partial charge >= 0.3 is 0 Å². The molecule has 0 aliphatic heterocycles. The molecule has 2 fully saturated rings. The Morgan fingerprint density at radius 3 is 2.64 bits per heavy atom. The summed E-state index contributed by atoms with van der Waals surface area (Å²) in [5, 5.41) is 9.58. The van der Waals surface area contributed by atoms with E-state index in [4.69, 9.17) is 23.2 Å². The summed E-state index contributed by atoms with van der Waals surface area (Å²) in [5.74, 6) is 0.242. The standard InChI is InChI=1S/C8H12Cl2O/c1-8-3-2-4(11)5(8)6(9)7(8)10/h4-7,11H,2-3H2,1H3. The van der Waals surface area contributed by atoms with Crippen LogP contribution in [0.15, 0.2) is 0 Å². The summed E-state index contributed by atoms with van der Waals surface area (Å²) < 4.78 is 0. The van der Waals surface area contributed by atoms with Gasteiger partial charge in [-0.1, -0.05) is 6.92 Å². The molecule has 1 N–H and O–H groups in total. The highest BCUT2D eigenvalue weighted by molar-refractivity contribution is 6.32. The fraction of sp³-hybridized carbons (Fsp3) is 1.00. The van der Waals surface area contributed by atoms with Crippen molar-refractivity contribution < 1.29 is 5.11 Å². The van der Waals surface area contributed by atoms with Crippen LogP contribution in [-0.4, -0.2) is 22.0 Å². The predicted octanol–water partition coefficient (Wildman–Crippen LogP) is 1.99. The van der Waals surface area contributed by atoms with Gasteiger partial charge in [0.05, 0.1) is 16.9 Å². The average Bonchev–Trinajstić information content (AvgIpc) is 2.25. The zero-order chi connectivity index (χ0) is 8.22. The van der Waals surface area contributed by atoms with Crippen LogP contribution in [-0.2, 0) is 0 Å². The van der Waals surface area contributed by atoms with E-state index in [0.717, 1.165) is 12.8 Å². The molecule has 5 atom stereocenters. The van der Waals surface area contributed by atoms with Crippen LogP contribution in [0.4, 0.5) is 0 Å². The van der Waals surface area contributed by atoms with Crippen molar-refractivity contribution in [3.05, 3.63) is 0 Å². The molecule has 2 rings (SSSR count). The summed E-state index contributed by atoms with van der Waals surface area (Å²) in [6.45, 7) is 2.13. The molecule has 0 bridgehead atoms. The normalized spacial score (nSPS) is 62.2.